The maximum atomic E-state index is 13.3. The molecule has 3 rings (SSSR count). The first-order valence-corrected chi connectivity index (χ1v) is 10.3. The highest BCUT2D eigenvalue weighted by Crippen LogP contribution is 2.31. The largest absolute Gasteiger partial charge is 0.378 e. The van der Waals surface area contributed by atoms with Crippen LogP contribution in [0.25, 0.3) is 10.2 Å². The van der Waals surface area contributed by atoms with E-state index >= 15 is 0 Å². The summed E-state index contributed by atoms with van der Waals surface area (Å²) in [6.45, 7) is 1.51. The summed E-state index contributed by atoms with van der Waals surface area (Å²) in [5.74, 6) is -0.0331. The molecule has 0 radical (unpaired) electrons. The van der Waals surface area contributed by atoms with E-state index in [1.807, 2.05) is 75.6 Å². The zero-order chi connectivity index (χ0) is 20.3. The molecular weight excluding hydrogens is 427 g/mol. The standard InChI is InChI=1S/C21H25ClN4OS.ClH/c1-24(2)12-5-13-26(20(27)15-6-9-17(10-7-15)25(3)4)21-23-18-11-8-16(22)14-19(18)28-21;/h6-11,14H,5,12-13H2,1-4H3;1H. The van der Waals surface area contributed by atoms with Crippen LogP contribution in [0.3, 0.4) is 0 Å². The number of benzene rings is 2. The van der Waals surface area contributed by atoms with Gasteiger partial charge in [-0.3, -0.25) is 9.69 Å². The molecule has 0 bridgehead atoms. The molecule has 29 heavy (non-hydrogen) atoms. The summed E-state index contributed by atoms with van der Waals surface area (Å²) in [6.07, 6.45) is 0.866. The SMILES string of the molecule is CN(C)CCCN(C(=O)c1ccc(N(C)C)cc1)c1nc2ccc(Cl)cc2s1.Cl. The number of nitrogens with zero attached hydrogens (tertiary/aromatic N) is 4. The molecule has 0 aliphatic rings. The number of thiazole rings is 1. The summed E-state index contributed by atoms with van der Waals surface area (Å²) >= 11 is 7.61. The summed E-state index contributed by atoms with van der Waals surface area (Å²) in [7, 11) is 8.03. The molecule has 1 aromatic heterocycles. The average molecular weight is 453 g/mol. The van der Waals surface area contributed by atoms with Crippen LogP contribution >= 0.6 is 35.3 Å². The molecule has 0 atom stereocenters. The van der Waals surface area contributed by atoms with Crippen LogP contribution in [0.15, 0.2) is 42.5 Å². The molecule has 0 aliphatic carbocycles. The first kappa shape index (κ1) is 23.4. The maximum absolute atomic E-state index is 13.3. The number of anilines is 2. The lowest BCUT2D eigenvalue weighted by atomic mass is 10.1. The first-order chi connectivity index (χ1) is 13.3. The molecule has 156 valence electrons. The van der Waals surface area contributed by atoms with Gasteiger partial charge in [-0.15, -0.1) is 12.4 Å². The summed E-state index contributed by atoms with van der Waals surface area (Å²) in [6, 6.07) is 13.3. The van der Waals surface area contributed by atoms with Gasteiger partial charge in [-0.1, -0.05) is 22.9 Å². The van der Waals surface area contributed by atoms with E-state index in [0.29, 0.717) is 22.3 Å². The number of carbonyl (C=O) groups excluding carboxylic acids is 1. The van der Waals surface area contributed by atoms with Gasteiger partial charge in [0, 0.05) is 36.9 Å². The van der Waals surface area contributed by atoms with E-state index in [0.717, 1.165) is 28.9 Å². The van der Waals surface area contributed by atoms with Crippen molar-refractivity contribution in [2.45, 2.75) is 6.42 Å². The number of hydrogen-bond donors (Lipinski definition) is 0. The quantitative estimate of drug-likeness (QED) is 0.503. The second kappa shape index (κ2) is 10.3. The molecular formula is C21H26Cl2N4OS. The van der Waals surface area contributed by atoms with Crippen molar-refractivity contribution in [2.24, 2.45) is 0 Å². The van der Waals surface area contributed by atoms with Crippen LogP contribution in [-0.2, 0) is 0 Å². The Morgan fingerprint density at radius 2 is 1.72 bits per heavy atom. The number of halogens is 2. The number of rotatable bonds is 7. The Labute approximate surface area is 187 Å². The van der Waals surface area contributed by atoms with Crippen LogP contribution in [0.1, 0.15) is 16.8 Å². The highest BCUT2D eigenvalue weighted by atomic mass is 35.5. The molecule has 5 nitrogen and oxygen atoms in total. The fourth-order valence-corrected chi connectivity index (χ4v) is 4.15. The summed E-state index contributed by atoms with van der Waals surface area (Å²) < 4.78 is 0.982. The molecule has 2 aromatic carbocycles. The number of fused-ring (bicyclic) bond motifs is 1. The summed E-state index contributed by atoms with van der Waals surface area (Å²) in [5.41, 5.74) is 2.58. The van der Waals surface area contributed by atoms with E-state index in [2.05, 4.69) is 9.88 Å². The van der Waals surface area contributed by atoms with Gasteiger partial charge in [0.25, 0.3) is 5.91 Å². The molecule has 8 heteroatoms. The van der Waals surface area contributed by atoms with Crippen molar-refractivity contribution in [2.75, 3.05) is 51.1 Å². The molecule has 0 spiro atoms. The van der Waals surface area contributed by atoms with E-state index in [4.69, 9.17) is 11.6 Å². The Balaban J connectivity index is 0.00000300. The van der Waals surface area contributed by atoms with Gasteiger partial charge in [0.2, 0.25) is 0 Å². The normalized spacial score (nSPS) is 10.8. The average Bonchev–Trinajstić information content (AvgIpc) is 3.07. The van der Waals surface area contributed by atoms with Gasteiger partial charge in [0.1, 0.15) is 0 Å². The molecule has 1 heterocycles. The summed E-state index contributed by atoms with van der Waals surface area (Å²) in [4.78, 5) is 23.9. The van der Waals surface area contributed by atoms with Crippen molar-refractivity contribution in [3.05, 3.63) is 53.1 Å². The highest BCUT2D eigenvalue weighted by Gasteiger charge is 2.21. The fourth-order valence-electron chi connectivity index (χ4n) is 2.89. The Morgan fingerprint density at radius 3 is 2.34 bits per heavy atom. The molecule has 3 aromatic rings. The van der Waals surface area contributed by atoms with Crippen molar-refractivity contribution in [3.8, 4) is 0 Å². The van der Waals surface area contributed by atoms with Gasteiger partial charge in [-0.25, -0.2) is 4.98 Å². The van der Waals surface area contributed by atoms with Crippen molar-refractivity contribution >= 4 is 62.3 Å². The lowest BCUT2D eigenvalue weighted by Crippen LogP contribution is -2.33. The molecule has 0 saturated heterocycles. The predicted octanol–water partition coefficient (Wildman–Crippen LogP) is 5.04. The van der Waals surface area contributed by atoms with E-state index in [9.17, 15) is 4.79 Å². The third-order valence-corrected chi connectivity index (χ3v) is 5.71. The van der Waals surface area contributed by atoms with Crippen LogP contribution in [0.5, 0.6) is 0 Å². The van der Waals surface area contributed by atoms with Crippen molar-refractivity contribution in [3.63, 3.8) is 0 Å². The minimum absolute atomic E-state index is 0. The smallest absolute Gasteiger partial charge is 0.260 e. The van der Waals surface area contributed by atoms with Gasteiger partial charge in [-0.05, 0) is 69.5 Å². The van der Waals surface area contributed by atoms with Crippen LogP contribution in [0, 0.1) is 0 Å². The zero-order valence-corrected chi connectivity index (χ0v) is 19.4. The number of hydrogen-bond acceptors (Lipinski definition) is 5. The lowest BCUT2D eigenvalue weighted by Gasteiger charge is -2.21. The Morgan fingerprint density at radius 1 is 1.03 bits per heavy atom. The molecule has 0 aliphatic heterocycles. The van der Waals surface area contributed by atoms with E-state index in [1.165, 1.54) is 11.3 Å². The van der Waals surface area contributed by atoms with Crippen LogP contribution in [0.4, 0.5) is 10.8 Å². The Bertz CT molecular complexity index is 957. The van der Waals surface area contributed by atoms with Gasteiger partial charge in [-0.2, -0.15) is 0 Å². The first-order valence-electron chi connectivity index (χ1n) is 9.15. The minimum Gasteiger partial charge on any atom is -0.378 e. The molecule has 0 N–H and O–H groups in total. The molecule has 0 fully saturated rings. The van der Waals surface area contributed by atoms with Gasteiger partial charge in [0.15, 0.2) is 5.13 Å². The zero-order valence-electron chi connectivity index (χ0n) is 17.1. The number of aromatic nitrogens is 1. The van der Waals surface area contributed by atoms with Crippen molar-refractivity contribution in [1.29, 1.82) is 0 Å². The fraction of sp³-hybridized carbons (Fsp3) is 0.333. The monoisotopic (exact) mass is 452 g/mol. The van der Waals surface area contributed by atoms with Gasteiger partial charge >= 0.3 is 0 Å². The number of amides is 1. The summed E-state index contributed by atoms with van der Waals surface area (Å²) in [5, 5.41) is 1.38. The van der Waals surface area contributed by atoms with Crippen LogP contribution in [-0.4, -0.2) is 57.1 Å². The second-order valence-electron chi connectivity index (χ2n) is 7.16. The highest BCUT2D eigenvalue weighted by molar-refractivity contribution is 7.22. The Hall–Kier alpha value is -1.86. The third-order valence-electron chi connectivity index (χ3n) is 4.43. The van der Waals surface area contributed by atoms with Gasteiger partial charge < -0.3 is 9.80 Å². The van der Waals surface area contributed by atoms with Crippen molar-refractivity contribution < 1.29 is 4.79 Å². The van der Waals surface area contributed by atoms with E-state index in [1.54, 1.807) is 4.90 Å². The van der Waals surface area contributed by atoms with E-state index in [-0.39, 0.29) is 18.3 Å². The second-order valence-corrected chi connectivity index (χ2v) is 8.61. The number of carbonyl (C=O) groups is 1. The lowest BCUT2D eigenvalue weighted by molar-refractivity contribution is 0.0986. The van der Waals surface area contributed by atoms with Gasteiger partial charge in [0.05, 0.1) is 10.2 Å². The van der Waals surface area contributed by atoms with Crippen LogP contribution in [0.2, 0.25) is 5.02 Å². The predicted molar refractivity (Wildman–Crippen MR) is 127 cm³/mol. The molecule has 0 unspecified atom stereocenters. The topological polar surface area (TPSA) is 39.7 Å². The van der Waals surface area contributed by atoms with Crippen LogP contribution < -0.4 is 9.80 Å². The van der Waals surface area contributed by atoms with Crippen molar-refractivity contribution in [1.82, 2.24) is 9.88 Å². The minimum atomic E-state index is -0.0331. The van der Waals surface area contributed by atoms with E-state index < -0.39 is 0 Å². The molecule has 0 saturated carbocycles. The Kier molecular flexibility index (Phi) is 8.28. The third kappa shape index (κ3) is 5.82. The molecule has 1 amide bonds. The maximum Gasteiger partial charge on any atom is 0.260 e.